The molecule has 0 bridgehead atoms. The van der Waals surface area contributed by atoms with Gasteiger partial charge in [-0.1, -0.05) is 13.8 Å². The molecule has 1 N–H and O–H groups in total. The summed E-state index contributed by atoms with van der Waals surface area (Å²) in [7, 11) is 0. The summed E-state index contributed by atoms with van der Waals surface area (Å²) in [5.41, 5.74) is 2.95. The van der Waals surface area contributed by atoms with E-state index in [1.807, 2.05) is 0 Å². The molecule has 0 saturated carbocycles. The molecule has 5 rings (SSSR count). The number of rotatable bonds is 3. The van der Waals surface area contributed by atoms with Gasteiger partial charge in [0, 0.05) is 36.4 Å². The number of nitrogens with one attached hydrogen (secondary N) is 1. The Morgan fingerprint density at radius 2 is 2.00 bits per heavy atom. The fourth-order valence-corrected chi connectivity index (χ4v) is 6.27. The summed E-state index contributed by atoms with van der Waals surface area (Å²) in [6.45, 7) is 9.68. The highest BCUT2D eigenvalue weighted by molar-refractivity contribution is 5.86. The first-order valence-electron chi connectivity index (χ1n) is 11.8. The van der Waals surface area contributed by atoms with Crippen LogP contribution in [-0.2, 0) is 17.3 Å². The van der Waals surface area contributed by atoms with E-state index in [-0.39, 0.29) is 5.92 Å². The molecule has 3 aliphatic rings. The van der Waals surface area contributed by atoms with Gasteiger partial charge < -0.3 is 14.6 Å². The van der Waals surface area contributed by atoms with Crippen molar-refractivity contribution in [2.45, 2.75) is 58.0 Å². The highest BCUT2D eigenvalue weighted by Crippen LogP contribution is 2.47. The summed E-state index contributed by atoms with van der Waals surface area (Å²) < 4.78 is 45.5. The van der Waals surface area contributed by atoms with E-state index in [4.69, 9.17) is 4.74 Å². The number of fused-ring (bicyclic) bond motifs is 4. The largest absolute Gasteiger partial charge is 0.416 e. The first kappa shape index (κ1) is 21.3. The number of hydrogen-bond acceptors (Lipinski definition) is 2. The second kappa shape index (κ2) is 7.80. The molecular weight excluding hydrogens is 401 g/mol. The van der Waals surface area contributed by atoms with Crippen LogP contribution < -0.4 is 0 Å². The Morgan fingerprint density at radius 3 is 2.74 bits per heavy atom. The number of halogens is 3. The van der Waals surface area contributed by atoms with E-state index >= 15 is 0 Å². The molecule has 2 fully saturated rings. The first-order valence-corrected chi connectivity index (χ1v) is 11.8. The van der Waals surface area contributed by atoms with Crippen molar-refractivity contribution in [2.24, 2.45) is 17.3 Å². The summed E-state index contributed by atoms with van der Waals surface area (Å²) in [6, 6.07) is 4.16. The average molecular weight is 435 g/mol. The lowest BCUT2D eigenvalue weighted by Crippen LogP contribution is -2.46. The van der Waals surface area contributed by atoms with Gasteiger partial charge in [-0.15, -0.1) is 0 Å². The Hall–Kier alpha value is -1.53. The van der Waals surface area contributed by atoms with E-state index in [1.54, 1.807) is 6.07 Å². The number of ether oxygens (including phenoxy) is 1. The number of hydrogen-bond donors (Lipinski definition) is 1. The van der Waals surface area contributed by atoms with Gasteiger partial charge >= 0.3 is 6.18 Å². The van der Waals surface area contributed by atoms with E-state index in [2.05, 4.69) is 23.7 Å². The van der Waals surface area contributed by atoms with Crippen molar-refractivity contribution in [3.8, 4) is 0 Å². The van der Waals surface area contributed by atoms with Crippen molar-refractivity contribution < 1.29 is 17.9 Å². The van der Waals surface area contributed by atoms with Crippen molar-refractivity contribution >= 4 is 10.9 Å². The van der Waals surface area contributed by atoms with Crippen LogP contribution in [0.5, 0.6) is 0 Å². The number of likely N-dealkylation sites (tertiary alicyclic amines) is 1. The monoisotopic (exact) mass is 434 g/mol. The lowest BCUT2D eigenvalue weighted by molar-refractivity contribution is -0.137. The van der Waals surface area contributed by atoms with Gasteiger partial charge in [-0.2, -0.15) is 13.2 Å². The molecule has 0 radical (unpaired) electrons. The number of alkyl halides is 3. The molecule has 1 unspecified atom stereocenters. The van der Waals surface area contributed by atoms with E-state index in [1.165, 1.54) is 25.0 Å². The predicted molar refractivity (Wildman–Crippen MR) is 116 cm³/mol. The highest BCUT2D eigenvalue weighted by Gasteiger charge is 2.41. The zero-order chi connectivity index (χ0) is 21.8. The summed E-state index contributed by atoms with van der Waals surface area (Å²) in [5.74, 6) is 1.40. The van der Waals surface area contributed by atoms with E-state index < -0.39 is 11.7 Å². The van der Waals surface area contributed by atoms with Crippen molar-refractivity contribution in [3.05, 3.63) is 35.0 Å². The van der Waals surface area contributed by atoms with Gasteiger partial charge in [-0.25, -0.2) is 0 Å². The molecule has 6 heteroatoms. The van der Waals surface area contributed by atoms with Gasteiger partial charge in [0.1, 0.15) is 0 Å². The number of aromatic nitrogens is 1. The van der Waals surface area contributed by atoms with Crippen molar-refractivity contribution in [3.63, 3.8) is 0 Å². The second-order valence-corrected chi connectivity index (χ2v) is 10.5. The molecule has 3 atom stereocenters. The third-order valence-electron chi connectivity index (χ3n) is 8.43. The highest BCUT2D eigenvalue weighted by atomic mass is 19.4. The van der Waals surface area contributed by atoms with Crippen molar-refractivity contribution in [1.82, 2.24) is 9.88 Å². The normalized spacial score (nSPS) is 29.0. The zero-order valence-corrected chi connectivity index (χ0v) is 18.5. The number of aromatic amines is 1. The minimum atomic E-state index is -4.30. The van der Waals surface area contributed by atoms with Crippen LogP contribution in [0.2, 0.25) is 0 Å². The molecule has 1 aromatic carbocycles. The molecule has 1 aromatic heterocycles. The summed E-state index contributed by atoms with van der Waals surface area (Å²) in [5, 5.41) is 0.766. The van der Waals surface area contributed by atoms with Gasteiger partial charge in [-0.05, 0) is 92.1 Å². The summed E-state index contributed by atoms with van der Waals surface area (Å²) in [6.07, 6.45) is 1.32. The van der Waals surface area contributed by atoms with Crippen LogP contribution >= 0.6 is 0 Å². The second-order valence-electron chi connectivity index (χ2n) is 10.5. The van der Waals surface area contributed by atoms with Crippen LogP contribution in [0.15, 0.2) is 18.2 Å². The SMILES string of the molecule is C[C@H]1c2c([nH]c3ccc(C(F)(F)F)cc23)CC2CCN(CCC3(C)CCOCC3)C[C@@H]21. The minimum absolute atomic E-state index is 0.271. The third kappa shape index (κ3) is 4.02. The van der Waals surface area contributed by atoms with Crippen molar-refractivity contribution in [2.75, 3.05) is 32.8 Å². The number of H-pyrrole nitrogens is 1. The quantitative estimate of drug-likeness (QED) is 0.643. The lowest BCUT2D eigenvalue weighted by atomic mass is 9.68. The van der Waals surface area contributed by atoms with Gasteiger partial charge in [0.05, 0.1) is 5.56 Å². The minimum Gasteiger partial charge on any atom is -0.381 e. The standard InChI is InChI=1S/C25H33F3N2O/c1-16-20-15-30(10-6-24(2)7-11-31-12-8-24)9-5-17(20)13-22-23(16)19-14-18(25(26,27)28)3-4-21(19)29-22/h3-4,14,16-17,20,29H,5-13,15H2,1-2H3/t16-,17?,20-/m1/s1. The molecule has 0 spiro atoms. The predicted octanol–water partition coefficient (Wildman–Crippen LogP) is 5.99. The van der Waals surface area contributed by atoms with Crippen LogP contribution in [0.25, 0.3) is 10.9 Å². The lowest BCUT2D eigenvalue weighted by Gasteiger charge is -2.45. The number of nitrogens with zero attached hydrogens (tertiary/aromatic N) is 1. The molecule has 3 nitrogen and oxygen atoms in total. The Morgan fingerprint density at radius 1 is 1.23 bits per heavy atom. The molecule has 2 aliphatic heterocycles. The topological polar surface area (TPSA) is 28.3 Å². The van der Waals surface area contributed by atoms with Crippen LogP contribution in [-0.4, -0.2) is 42.7 Å². The van der Waals surface area contributed by atoms with Crippen LogP contribution in [0, 0.1) is 17.3 Å². The summed E-state index contributed by atoms with van der Waals surface area (Å²) >= 11 is 0. The Balaban J connectivity index is 1.35. The molecule has 0 amide bonds. The molecule has 3 heterocycles. The van der Waals surface area contributed by atoms with Crippen LogP contribution in [0.4, 0.5) is 13.2 Å². The number of benzene rings is 1. The molecule has 31 heavy (non-hydrogen) atoms. The zero-order valence-electron chi connectivity index (χ0n) is 18.5. The maximum Gasteiger partial charge on any atom is 0.416 e. The van der Waals surface area contributed by atoms with E-state index in [0.717, 1.165) is 74.3 Å². The molecule has 2 aromatic rings. The fraction of sp³-hybridized carbons (Fsp3) is 0.680. The van der Waals surface area contributed by atoms with Crippen LogP contribution in [0.1, 0.15) is 62.3 Å². The summed E-state index contributed by atoms with van der Waals surface area (Å²) in [4.78, 5) is 6.06. The van der Waals surface area contributed by atoms with Crippen LogP contribution in [0.3, 0.4) is 0 Å². The van der Waals surface area contributed by atoms with Crippen molar-refractivity contribution in [1.29, 1.82) is 0 Å². The maximum atomic E-state index is 13.3. The molecule has 1 aliphatic carbocycles. The smallest absolute Gasteiger partial charge is 0.381 e. The molecular formula is C25H33F3N2O. The van der Waals surface area contributed by atoms with Gasteiger partial charge in [0.15, 0.2) is 0 Å². The Kier molecular flexibility index (Phi) is 5.37. The van der Waals surface area contributed by atoms with E-state index in [0.29, 0.717) is 17.3 Å². The maximum absolute atomic E-state index is 13.3. The average Bonchev–Trinajstić information content (AvgIpc) is 3.10. The fourth-order valence-electron chi connectivity index (χ4n) is 6.27. The number of piperidine rings is 1. The van der Waals surface area contributed by atoms with Gasteiger partial charge in [0.2, 0.25) is 0 Å². The third-order valence-corrected chi connectivity index (χ3v) is 8.43. The van der Waals surface area contributed by atoms with E-state index in [9.17, 15) is 13.2 Å². The Labute approximate surface area is 182 Å². The van der Waals surface area contributed by atoms with Gasteiger partial charge in [-0.3, -0.25) is 0 Å². The molecule has 170 valence electrons. The van der Waals surface area contributed by atoms with Gasteiger partial charge in [0.25, 0.3) is 0 Å². The first-order chi connectivity index (χ1) is 14.7. The Bertz CT molecular complexity index is 944. The molecule has 2 saturated heterocycles.